The standard InChI is InChI=1S/C16H13N2O.HI/c19-15(12-18-10-4-1-5-11-18)16-14-7-3-2-6-13(14)8-9-17-16;/h1-11H,12H2;1H/q+1;/p-1. The van der Waals surface area contributed by atoms with E-state index in [1.54, 1.807) is 6.20 Å². The van der Waals surface area contributed by atoms with E-state index >= 15 is 0 Å². The number of rotatable bonds is 3. The normalized spacial score (nSPS) is 10.0. The van der Waals surface area contributed by atoms with Crippen molar-refractivity contribution in [2.24, 2.45) is 0 Å². The number of ketones is 1. The van der Waals surface area contributed by atoms with Gasteiger partial charge in [0, 0.05) is 23.7 Å². The smallest absolute Gasteiger partial charge is 0.246 e. The van der Waals surface area contributed by atoms with Crippen LogP contribution in [0.3, 0.4) is 0 Å². The van der Waals surface area contributed by atoms with Gasteiger partial charge in [0.1, 0.15) is 5.69 Å². The Balaban J connectivity index is 0.00000147. The molecule has 2 heterocycles. The monoisotopic (exact) mass is 376 g/mol. The van der Waals surface area contributed by atoms with Crippen LogP contribution in [-0.2, 0) is 6.54 Å². The number of carbonyl (C=O) groups excluding carboxylic acids is 1. The van der Waals surface area contributed by atoms with Crippen LogP contribution >= 0.6 is 0 Å². The zero-order valence-electron chi connectivity index (χ0n) is 10.7. The molecule has 3 aromatic rings. The van der Waals surface area contributed by atoms with E-state index in [2.05, 4.69) is 4.98 Å². The number of nitrogens with zero attached hydrogens (tertiary/aromatic N) is 2. The summed E-state index contributed by atoms with van der Waals surface area (Å²) in [5, 5.41) is 1.95. The minimum Gasteiger partial charge on any atom is -1.00 e. The van der Waals surface area contributed by atoms with Crippen molar-refractivity contribution < 1.29 is 33.3 Å². The van der Waals surface area contributed by atoms with Crippen LogP contribution < -0.4 is 28.5 Å². The fraction of sp³-hybridized carbons (Fsp3) is 0.0625. The van der Waals surface area contributed by atoms with Crippen LogP contribution in [0.1, 0.15) is 10.5 Å². The lowest BCUT2D eigenvalue weighted by Crippen LogP contribution is -3.00. The fourth-order valence-corrected chi connectivity index (χ4v) is 2.12. The third-order valence-electron chi connectivity index (χ3n) is 3.04. The van der Waals surface area contributed by atoms with Crippen molar-refractivity contribution in [2.45, 2.75) is 6.54 Å². The van der Waals surface area contributed by atoms with Gasteiger partial charge in [-0.2, -0.15) is 4.57 Å². The van der Waals surface area contributed by atoms with Crippen LogP contribution in [0.25, 0.3) is 10.8 Å². The van der Waals surface area contributed by atoms with Crippen LogP contribution in [0, 0.1) is 0 Å². The largest absolute Gasteiger partial charge is 1.00 e. The van der Waals surface area contributed by atoms with Gasteiger partial charge in [-0.3, -0.25) is 9.78 Å². The highest BCUT2D eigenvalue weighted by Gasteiger charge is 2.15. The van der Waals surface area contributed by atoms with Gasteiger partial charge >= 0.3 is 0 Å². The molecule has 20 heavy (non-hydrogen) atoms. The summed E-state index contributed by atoms with van der Waals surface area (Å²) in [4.78, 5) is 16.6. The molecular formula is C16H13IN2O. The quantitative estimate of drug-likeness (QED) is 0.348. The topological polar surface area (TPSA) is 33.8 Å². The maximum atomic E-state index is 12.3. The molecule has 0 spiro atoms. The Morgan fingerprint density at radius 2 is 1.75 bits per heavy atom. The molecule has 0 radical (unpaired) electrons. The Bertz CT molecular complexity index is 723. The predicted octanol–water partition coefficient (Wildman–Crippen LogP) is -0.591. The molecular weight excluding hydrogens is 363 g/mol. The van der Waals surface area contributed by atoms with Gasteiger partial charge in [0.2, 0.25) is 12.3 Å². The van der Waals surface area contributed by atoms with E-state index < -0.39 is 0 Å². The molecule has 0 amide bonds. The number of pyridine rings is 2. The zero-order chi connectivity index (χ0) is 13.1. The SMILES string of the molecule is O=C(C[n+]1ccccc1)c1nccc2ccccc12.[I-]. The summed E-state index contributed by atoms with van der Waals surface area (Å²) in [6.07, 6.45) is 5.44. The molecule has 0 aliphatic heterocycles. The molecule has 0 saturated carbocycles. The highest BCUT2D eigenvalue weighted by atomic mass is 127. The molecule has 0 atom stereocenters. The van der Waals surface area contributed by atoms with E-state index in [1.165, 1.54) is 0 Å². The van der Waals surface area contributed by atoms with Crippen LogP contribution in [-0.4, -0.2) is 10.8 Å². The van der Waals surface area contributed by atoms with Gasteiger partial charge in [0.05, 0.1) is 0 Å². The van der Waals surface area contributed by atoms with Crippen molar-refractivity contribution in [1.82, 2.24) is 4.98 Å². The molecule has 4 heteroatoms. The van der Waals surface area contributed by atoms with Gasteiger partial charge in [-0.05, 0) is 11.5 Å². The number of aromatic nitrogens is 2. The average Bonchev–Trinajstić information content (AvgIpc) is 2.47. The average molecular weight is 376 g/mol. The molecule has 3 rings (SSSR count). The number of benzene rings is 1. The third-order valence-corrected chi connectivity index (χ3v) is 3.04. The van der Waals surface area contributed by atoms with Crippen molar-refractivity contribution in [3.8, 4) is 0 Å². The van der Waals surface area contributed by atoms with E-state index in [9.17, 15) is 4.79 Å². The van der Waals surface area contributed by atoms with E-state index in [0.29, 0.717) is 12.2 Å². The summed E-state index contributed by atoms with van der Waals surface area (Å²) < 4.78 is 1.85. The molecule has 0 aliphatic rings. The molecule has 0 bridgehead atoms. The van der Waals surface area contributed by atoms with Crippen LogP contribution in [0.4, 0.5) is 0 Å². The minimum absolute atomic E-state index is 0. The Kier molecular flexibility index (Phi) is 4.79. The van der Waals surface area contributed by atoms with Crippen LogP contribution in [0.15, 0.2) is 67.1 Å². The number of halogens is 1. The van der Waals surface area contributed by atoms with Crippen molar-refractivity contribution in [3.63, 3.8) is 0 Å². The number of hydrogen-bond donors (Lipinski definition) is 0. The Labute approximate surface area is 134 Å². The Hall–Kier alpha value is -1.82. The molecule has 0 unspecified atom stereocenters. The number of carbonyl (C=O) groups is 1. The lowest BCUT2D eigenvalue weighted by Gasteiger charge is -2.02. The van der Waals surface area contributed by atoms with Gasteiger partial charge in [-0.25, -0.2) is 0 Å². The molecule has 100 valence electrons. The molecule has 2 aromatic heterocycles. The summed E-state index contributed by atoms with van der Waals surface area (Å²) in [6.45, 7) is 0.307. The summed E-state index contributed by atoms with van der Waals surface area (Å²) >= 11 is 0. The van der Waals surface area contributed by atoms with E-state index in [-0.39, 0.29) is 29.8 Å². The number of fused-ring (bicyclic) bond motifs is 1. The summed E-state index contributed by atoms with van der Waals surface area (Å²) in [6, 6.07) is 15.5. The predicted molar refractivity (Wildman–Crippen MR) is 72.7 cm³/mol. The van der Waals surface area contributed by atoms with Gasteiger partial charge in [-0.15, -0.1) is 0 Å². The fourth-order valence-electron chi connectivity index (χ4n) is 2.12. The molecule has 0 aliphatic carbocycles. The van der Waals surface area contributed by atoms with Gasteiger partial charge < -0.3 is 24.0 Å². The highest BCUT2D eigenvalue weighted by Crippen LogP contribution is 2.16. The highest BCUT2D eigenvalue weighted by molar-refractivity contribution is 6.05. The first-order chi connectivity index (χ1) is 9.34. The van der Waals surface area contributed by atoms with Crippen LogP contribution in [0.2, 0.25) is 0 Å². The van der Waals surface area contributed by atoms with Crippen LogP contribution in [0.5, 0.6) is 0 Å². The lowest BCUT2D eigenvalue weighted by atomic mass is 10.1. The van der Waals surface area contributed by atoms with Gasteiger partial charge in [0.15, 0.2) is 12.4 Å². The lowest BCUT2D eigenvalue weighted by molar-refractivity contribution is -0.683. The molecule has 1 aromatic carbocycles. The van der Waals surface area contributed by atoms with Crippen molar-refractivity contribution in [3.05, 3.63) is 72.8 Å². The minimum atomic E-state index is 0. The zero-order valence-corrected chi connectivity index (χ0v) is 12.9. The van der Waals surface area contributed by atoms with E-state index in [1.807, 2.05) is 65.5 Å². The van der Waals surface area contributed by atoms with Gasteiger partial charge in [0.25, 0.3) is 0 Å². The second-order valence-electron chi connectivity index (χ2n) is 4.35. The van der Waals surface area contributed by atoms with E-state index in [4.69, 9.17) is 0 Å². The summed E-state index contributed by atoms with van der Waals surface area (Å²) in [5.74, 6) is 0.0213. The van der Waals surface area contributed by atoms with Gasteiger partial charge in [-0.1, -0.05) is 30.3 Å². The second-order valence-corrected chi connectivity index (χ2v) is 4.35. The maximum absolute atomic E-state index is 12.3. The molecule has 0 N–H and O–H groups in total. The molecule has 3 nitrogen and oxygen atoms in total. The number of hydrogen-bond acceptors (Lipinski definition) is 2. The van der Waals surface area contributed by atoms with E-state index in [0.717, 1.165) is 10.8 Å². The van der Waals surface area contributed by atoms with Crippen molar-refractivity contribution in [1.29, 1.82) is 0 Å². The number of Topliss-reactive ketones (excluding diaryl/α,β-unsaturated/α-hetero) is 1. The van der Waals surface area contributed by atoms with Crippen molar-refractivity contribution in [2.75, 3.05) is 0 Å². The first kappa shape index (κ1) is 14.6. The summed E-state index contributed by atoms with van der Waals surface area (Å²) in [5.41, 5.74) is 0.537. The maximum Gasteiger partial charge on any atom is 0.246 e. The summed E-state index contributed by atoms with van der Waals surface area (Å²) in [7, 11) is 0. The van der Waals surface area contributed by atoms with Crippen molar-refractivity contribution >= 4 is 16.6 Å². The first-order valence-corrected chi connectivity index (χ1v) is 6.15. The Morgan fingerprint density at radius 3 is 2.55 bits per heavy atom. The second kappa shape index (κ2) is 6.56. The molecule has 0 fully saturated rings. The third kappa shape index (κ3) is 3.01. The molecule has 0 saturated heterocycles. The Morgan fingerprint density at radius 1 is 1.00 bits per heavy atom. The first-order valence-electron chi connectivity index (χ1n) is 6.15.